The Morgan fingerprint density at radius 2 is 1.73 bits per heavy atom. The zero-order valence-electron chi connectivity index (χ0n) is 15.1. The first-order chi connectivity index (χ1) is 12.4. The van der Waals surface area contributed by atoms with Gasteiger partial charge < -0.3 is 24.1 Å². The van der Waals surface area contributed by atoms with Crippen LogP contribution in [0.1, 0.15) is 39.0 Å². The lowest BCUT2D eigenvalue weighted by Gasteiger charge is -2.29. The van der Waals surface area contributed by atoms with Crippen molar-refractivity contribution < 1.29 is 33.1 Å². The van der Waals surface area contributed by atoms with Crippen LogP contribution in [0.15, 0.2) is 4.52 Å². The van der Waals surface area contributed by atoms with Gasteiger partial charge in [0, 0.05) is 13.3 Å². The molecular weight excluding hydrogens is 346 g/mol. The molecule has 0 aromatic carbocycles. The van der Waals surface area contributed by atoms with Crippen LogP contribution in [0.2, 0.25) is 0 Å². The number of nitrogens with zero attached hydrogens (tertiary/aromatic N) is 2. The van der Waals surface area contributed by atoms with Gasteiger partial charge in [-0.2, -0.15) is 5.26 Å². The Bertz CT molecular complexity index is 687. The molecule has 26 heavy (non-hydrogen) atoms. The third-order valence-corrected chi connectivity index (χ3v) is 3.21. The predicted octanol–water partition coefficient (Wildman–Crippen LogP) is 0.489. The highest BCUT2D eigenvalue weighted by atomic mass is 16.6. The number of nitrogens with one attached hydrogen (secondary N) is 1. The van der Waals surface area contributed by atoms with Gasteiger partial charge in [-0.15, -0.1) is 0 Å². The standard InChI is InChI=1S/C16H21N3O7/c1-5-23-13-11(12(9-17)26-19-13)8-16(18-10(4)20,14(21)24-6-2)15(22)25-7-3/h5-8H2,1-4H3,(H,18,20). The van der Waals surface area contributed by atoms with E-state index >= 15 is 0 Å². The number of aromatic nitrogens is 1. The van der Waals surface area contributed by atoms with Crippen LogP contribution in [0.4, 0.5) is 0 Å². The van der Waals surface area contributed by atoms with Crippen molar-refractivity contribution in [1.29, 1.82) is 5.26 Å². The Hall–Kier alpha value is -3.09. The van der Waals surface area contributed by atoms with Crippen LogP contribution < -0.4 is 10.1 Å². The molecule has 0 spiro atoms. The lowest BCUT2D eigenvalue weighted by Crippen LogP contribution is -2.62. The number of carbonyl (C=O) groups is 3. The fourth-order valence-electron chi connectivity index (χ4n) is 2.24. The Morgan fingerprint density at radius 1 is 1.15 bits per heavy atom. The molecule has 142 valence electrons. The summed E-state index contributed by atoms with van der Waals surface area (Å²) in [6.07, 6.45) is -0.480. The maximum Gasteiger partial charge on any atom is 0.344 e. The van der Waals surface area contributed by atoms with Gasteiger partial charge in [-0.3, -0.25) is 4.79 Å². The lowest BCUT2D eigenvalue weighted by atomic mass is 9.90. The summed E-state index contributed by atoms with van der Waals surface area (Å²) in [7, 11) is 0. The minimum atomic E-state index is -2.21. The van der Waals surface area contributed by atoms with Crippen molar-refractivity contribution in [3.8, 4) is 11.9 Å². The Balaban J connectivity index is 3.51. The molecule has 1 N–H and O–H groups in total. The normalized spacial score (nSPS) is 10.6. The molecule has 10 nitrogen and oxygen atoms in total. The van der Waals surface area contributed by atoms with Crippen LogP contribution in [0, 0.1) is 11.3 Å². The molecule has 0 radical (unpaired) electrons. The van der Waals surface area contributed by atoms with E-state index in [2.05, 4.69) is 10.5 Å². The van der Waals surface area contributed by atoms with Gasteiger partial charge in [0.15, 0.2) is 0 Å². The molecule has 1 aromatic heterocycles. The van der Waals surface area contributed by atoms with Crippen molar-refractivity contribution >= 4 is 17.8 Å². The molecule has 0 saturated carbocycles. The minimum Gasteiger partial charge on any atom is -0.476 e. The number of nitriles is 1. The SMILES string of the molecule is CCOC(=O)C(Cc1c(OCC)noc1C#N)(NC(C)=O)C(=O)OCC. The largest absolute Gasteiger partial charge is 0.476 e. The molecule has 1 aromatic rings. The second-order valence-corrected chi connectivity index (χ2v) is 5.04. The van der Waals surface area contributed by atoms with Crippen molar-refractivity contribution in [3.05, 3.63) is 11.3 Å². The molecule has 0 aliphatic heterocycles. The van der Waals surface area contributed by atoms with Crippen molar-refractivity contribution in [2.75, 3.05) is 19.8 Å². The number of ether oxygens (including phenoxy) is 3. The van der Waals surface area contributed by atoms with Crippen molar-refractivity contribution in [3.63, 3.8) is 0 Å². The molecule has 0 fully saturated rings. The molecule has 0 aliphatic carbocycles. The van der Waals surface area contributed by atoms with E-state index in [1.54, 1.807) is 26.8 Å². The van der Waals surface area contributed by atoms with E-state index < -0.39 is 29.8 Å². The van der Waals surface area contributed by atoms with E-state index in [4.69, 9.17) is 18.7 Å². The van der Waals surface area contributed by atoms with Gasteiger partial charge in [0.1, 0.15) is 6.07 Å². The number of hydrogen-bond donors (Lipinski definition) is 1. The van der Waals surface area contributed by atoms with E-state index in [0.29, 0.717) is 0 Å². The minimum absolute atomic E-state index is 0.0351. The summed E-state index contributed by atoms with van der Waals surface area (Å²) in [5, 5.41) is 15.1. The molecule has 0 bridgehead atoms. The maximum absolute atomic E-state index is 12.6. The fraction of sp³-hybridized carbons (Fsp3) is 0.562. The van der Waals surface area contributed by atoms with Gasteiger partial charge in [0.05, 0.1) is 25.4 Å². The first-order valence-corrected chi connectivity index (χ1v) is 8.00. The molecule has 1 rings (SSSR count). The predicted molar refractivity (Wildman–Crippen MR) is 85.9 cm³/mol. The first-order valence-electron chi connectivity index (χ1n) is 8.00. The van der Waals surface area contributed by atoms with E-state index in [9.17, 15) is 19.6 Å². The van der Waals surface area contributed by atoms with Crippen LogP contribution >= 0.6 is 0 Å². The van der Waals surface area contributed by atoms with Crippen LogP contribution in [-0.4, -0.2) is 48.4 Å². The molecule has 0 saturated heterocycles. The van der Waals surface area contributed by atoms with Gasteiger partial charge in [0.2, 0.25) is 17.2 Å². The number of esters is 2. The van der Waals surface area contributed by atoms with Gasteiger partial charge in [0.25, 0.3) is 5.88 Å². The highest BCUT2D eigenvalue weighted by Crippen LogP contribution is 2.28. The fourth-order valence-corrected chi connectivity index (χ4v) is 2.24. The summed E-state index contributed by atoms with van der Waals surface area (Å²) in [4.78, 5) is 36.9. The summed E-state index contributed by atoms with van der Waals surface area (Å²) in [5.41, 5.74) is -2.16. The van der Waals surface area contributed by atoms with Crippen molar-refractivity contribution in [2.24, 2.45) is 0 Å². The van der Waals surface area contributed by atoms with Gasteiger partial charge in [-0.05, 0) is 25.9 Å². The number of amides is 1. The summed E-state index contributed by atoms with van der Waals surface area (Å²) >= 11 is 0. The Labute approximate surface area is 150 Å². The molecule has 10 heteroatoms. The molecule has 0 atom stereocenters. The summed E-state index contributed by atoms with van der Waals surface area (Å²) in [5.74, 6) is -3.04. The molecule has 0 unspecified atom stereocenters. The van der Waals surface area contributed by atoms with E-state index in [0.717, 1.165) is 6.92 Å². The zero-order chi connectivity index (χ0) is 19.7. The summed E-state index contributed by atoms with van der Waals surface area (Å²) in [6.45, 7) is 6.05. The van der Waals surface area contributed by atoms with Crippen molar-refractivity contribution in [2.45, 2.75) is 39.7 Å². The molecule has 1 heterocycles. The Morgan fingerprint density at radius 3 is 2.15 bits per heavy atom. The second-order valence-electron chi connectivity index (χ2n) is 5.04. The van der Waals surface area contributed by atoms with Crippen molar-refractivity contribution in [1.82, 2.24) is 10.5 Å². The third-order valence-electron chi connectivity index (χ3n) is 3.21. The topological polar surface area (TPSA) is 141 Å². The number of carbonyl (C=O) groups excluding carboxylic acids is 3. The quantitative estimate of drug-likeness (QED) is 0.487. The smallest absolute Gasteiger partial charge is 0.344 e. The highest BCUT2D eigenvalue weighted by Gasteiger charge is 2.51. The zero-order valence-corrected chi connectivity index (χ0v) is 15.1. The lowest BCUT2D eigenvalue weighted by molar-refractivity contribution is -0.168. The Kier molecular flexibility index (Phi) is 7.58. The van der Waals surface area contributed by atoms with Gasteiger partial charge in [-0.25, -0.2) is 9.59 Å². The number of rotatable bonds is 9. The highest BCUT2D eigenvalue weighted by molar-refractivity contribution is 6.08. The number of hydrogen-bond acceptors (Lipinski definition) is 9. The van der Waals surface area contributed by atoms with E-state index in [1.807, 2.05) is 0 Å². The van der Waals surface area contributed by atoms with E-state index in [-0.39, 0.29) is 37.0 Å². The average Bonchev–Trinajstić information content (AvgIpc) is 2.96. The van der Waals surface area contributed by atoms with Crippen LogP contribution in [-0.2, 0) is 30.3 Å². The third kappa shape index (κ3) is 4.50. The van der Waals surface area contributed by atoms with Gasteiger partial charge in [-0.1, -0.05) is 0 Å². The van der Waals surface area contributed by atoms with E-state index in [1.165, 1.54) is 0 Å². The second kappa shape index (κ2) is 9.41. The van der Waals surface area contributed by atoms with Crippen LogP contribution in [0.5, 0.6) is 5.88 Å². The first kappa shape index (κ1) is 21.0. The summed E-state index contributed by atoms with van der Waals surface area (Å²) in [6, 6.07) is 1.77. The summed E-state index contributed by atoms with van der Waals surface area (Å²) < 4.78 is 20.1. The maximum atomic E-state index is 12.6. The van der Waals surface area contributed by atoms with Crippen LogP contribution in [0.25, 0.3) is 0 Å². The molecule has 1 amide bonds. The average molecular weight is 367 g/mol. The molecular formula is C16H21N3O7. The van der Waals surface area contributed by atoms with Crippen LogP contribution in [0.3, 0.4) is 0 Å². The molecule has 0 aliphatic rings. The monoisotopic (exact) mass is 367 g/mol. The van der Waals surface area contributed by atoms with Gasteiger partial charge >= 0.3 is 11.9 Å².